The maximum absolute atomic E-state index is 13.2. The maximum atomic E-state index is 13.2. The lowest BCUT2D eigenvalue weighted by molar-refractivity contribution is -0.126. The topological polar surface area (TPSA) is 58.6 Å². The van der Waals surface area contributed by atoms with Gasteiger partial charge in [-0.15, -0.1) is 0 Å². The third kappa shape index (κ3) is 5.55. The third-order valence-corrected chi connectivity index (χ3v) is 5.85. The van der Waals surface area contributed by atoms with Crippen LogP contribution in [-0.2, 0) is 17.9 Å². The minimum atomic E-state index is -0.0561. The molecule has 3 aromatic carbocycles. The van der Waals surface area contributed by atoms with E-state index in [0.29, 0.717) is 44.6 Å². The van der Waals surface area contributed by atoms with Gasteiger partial charge in [0.15, 0.2) is 0 Å². The van der Waals surface area contributed by atoms with E-state index < -0.39 is 0 Å². The smallest absolute Gasteiger partial charge is 0.254 e. The van der Waals surface area contributed by atoms with Crippen molar-refractivity contribution in [1.29, 1.82) is 0 Å². The minimum absolute atomic E-state index is 0.000375. The summed E-state index contributed by atoms with van der Waals surface area (Å²) >= 11 is 0. The Kier molecular flexibility index (Phi) is 7.18. The molecule has 2 amide bonds. The Morgan fingerprint density at radius 2 is 1.47 bits per heavy atom. The van der Waals surface area contributed by atoms with Gasteiger partial charge in [-0.05, 0) is 36.6 Å². The van der Waals surface area contributed by atoms with Crippen LogP contribution in [0.15, 0.2) is 84.9 Å². The van der Waals surface area contributed by atoms with Crippen molar-refractivity contribution in [2.75, 3.05) is 13.1 Å². The number of carbonyl (C=O) groups excluding carboxylic acids is 2. The van der Waals surface area contributed by atoms with Crippen molar-refractivity contribution < 1.29 is 14.3 Å². The molecule has 0 saturated carbocycles. The number of carbonyl (C=O) groups is 2. The minimum Gasteiger partial charge on any atom is -0.489 e. The predicted molar refractivity (Wildman–Crippen MR) is 124 cm³/mol. The van der Waals surface area contributed by atoms with Crippen molar-refractivity contribution in [3.8, 4) is 5.75 Å². The Balaban J connectivity index is 1.31. The van der Waals surface area contributed by atoms with Gasteiger partial charge in [-0.2, -0.15) is 0 Å². The van der Waals surface area contributed by atoms with Gasteiger partial charge >= 0.3 is 0 Å². The molecule has 0 unspecified atom stereocenters. The number of amides is 2. The molecule has 3 aromatic rings. The Morgan fingerprint density at radius 3 is 2.19 bits per heavy atom. The predicted octanol–water partition coefficient (Wildman–Crippen LogP) is 4.43. The molecule has 1 aliphatic heterocycles. The maximum Gasteiger partial charge on any atom is 0.254 e. The molecule has 1 heterocycles. The summed E-state index contributed by atoms with van der Waals surface area (Å²) in [5.41, 5.74) is 2.61. The summed E-state index contributed by atoms with van der Waals surface area (Å²) in [5.74, 6) is 0.787. The van der Waals surface area contributed by atoms with E-state index in [0.717, 1.165) is 16.9 Å². The number of hydrogen-bond donors (Lipinski definition) is 1. The number of benzene rings is 3. The first-order chi connectivity index (χ1) is 15.7. The highest BCUT2D eigenvalue weighted by molar-refractivity contribution is 5.96. The van der Waals surface area contributed by atoms with E-state index in [4.69, 9.17) is 4.74 Å². The summed E-state index contributed by atoms with van der Waals surface area (Å²) < 4.78 is 5.86. The first kappa shape index (κ1) is 21.6. The number of rotatable bonds is 7. The summed E-state index contributed by atoms with van der Waals surface area (Å²) in [6.45, 7) is 2.03. The van der Waals surface area contributed by atoms with Crippen LogP contribution in [0, 0.1) is 5.92 Å². The van der Waals surface area contributed by atoms with E-state index in [-0.39, 0.29) is 17.7 Å². The zero-order valence-corrected chi connectivity index (χ0v) is 18.1. The molecule has 0 aliphatic carbocycles. The number of piperidine rings is 1. The second-order valence-electron chi connectivity index (χ2n) is 8.03. The van der Waals surface area contributed by atoms with Gasteiger partial charge in [0, 0.05) is 36.7 Å². The van der Waals surface area contributed by atoms with Crippen LogP contribution in [0.1, 0.15) is 34.3 Å². The quantitative estimate of drug-likeness (QED) is 0.606. The second-order valence-corrected chi connectivity index (χ2v) is 8.03. The Bertz CT molecular complexity index is 1030. The van der Waals surface area contributed by atoms with Crippen LogP contribution in [-0.4, -0.2) is 29.8 Å². The van der Waals surface area contributed by atoms with Crippen molar-refractivity contribution >= 4 is 11.8 Å². The van der Waals surface area contributed by atoms with E-state index >= 15 is 0 Å². The molecule has 5 nitrogen and oxygen atoms in total. The zero-order chi connectivity index (χ0) is 22.2. The first-order valence-electron chi connectivity index (χ1n) is 11.1. The molecule has 0 atom stereocenters. The number of hydrogen-bond acceptors (Lipinski definition) is 3. The average Bonchev–Trinajstić information content (AvgIpc) is 2.87. The molecule has 1 fully saturated rings. The number of nitrogens with one attached hydrogen (secondary N) is 1. The van der Waals surface area contributed by atoms with Crippen molar-refractivity contribution in [2.24, 2.45) is 5.92 Å². The average molecular weight is 429 g/mol. The van der Waals surface area contributed by atoms with Gasteiger partial charge in [0.25, 0.3) is 5.91 Å². The van der Waals surface area contributed by atoms with Crippen molar-refractivity contribution in [2.45, 2.75) is 26.0 Å². The van der Waals surface area contributed by atoms with Gasteiger partial charge in [-0.3, -0.25) is 9.59 Å². The van der Waals surface area contributed by atoms with Gasteiger partial charge in [0.2, 0.25) is 5.91 Å². The molecular weight excluding hydrogens is 400 g/mol. The molecule has 0 aromatic heterocycles. The highest BCUT2D eigenvalue weighted by Crippen LogP contribution is 2.22. The van der Waals surface area contributed by atoms with Gasteiger partial charge in [0.05, 0.1) is 0 Å². The molecule has 5 heteroatoms. The Labute approximate surface area is 189 Å². The number of para-hydroxylation sites is 1. The molecule has 0 radical (unpaired) electrons. The molecular formula is C27H28N2O3. The van der Waals surface area contributed by atoms with E-state index in [9.17, 15) is 9.59 Å². The largest absolute Gasteiger partial charge is 0.489 e. The Hall–Kier alpha value is -3.60. The van der Waals surface area contributed by atoms with E-state index in [2.05, 4.69) is 5.32 Å². The van der Waals surface area contributed by atoms with Crippen molar-refractivity contribution in [3.05, 3.63) is 102 Å². The van der Waals surface area contributed by atoms with Gasteiger partial charge < -0.3 is 15.0 Å². The van der Waals surface area contributed by atoms with E-state index in [1.165, 1.54) is 0 Å². The molecule has 32 heavy (non-hydrogen) atoms. The molecule has 4 rings (SSSR count). The van der Waals surface area contributed by atoms with Crippen LogP contribution >= 0.6 is 0 Å². The fourth-order valence-corrected chi connectivity index (χ4v) is 3.98. The third-order valence-electron chi connectivity index (χ3n) is 5.85. The normalized spacial score (nSPS) is 14.1. The van der Waals surface area contributed by atoms with Crippen molar-refractivity contribution in [1.82, 2.24) is 10.2 Å². The summed E-state index contributed by atoms with van der Waals surface area (Å²) in [6.07, 6.45) is 1.35. The summed E-state index contributed by atoms with van der Waals surface area (Å²) in [7, 11) is 0. The van der Waals surface area contributed by atoms with Crippen LogP contribution in [0.25, 0.3) is 0 Å². The standard InChI is InChI=1S/C27H28N2O3/c30-26(28-19-21-9-3-1-4-10-21)22-15-17-29(18-16-22)27(31)25-14-8-7-11-23(25)20-32-24-12-5-2-6-13-24/h1-14,22H,15-20H2,(H,28,30). The van der Waals surface area contributed by atoms with Gasteiger partial charge in [-0.25, -0.2) is 0 Å². The number of nitrogens with zero attached hydrogens (tertiary/aromatic N) is 1. The van der Waals surface area contributed by atoms with E-state index in [1.807, 2.05) is 89.8 Å². The molecule has 1 saturated heterocycles. The number of likely N-dealkylation sites (tertiary alicyclic amines) is 1. The fraction of sp³-hybridized carbons (Fsp3) is 0.259. The molecule has 164 valence electrons. The second kappa shape index (κ2) is 10.6. The van der Waals surface area contributed by atoms with Crippen LogP contribution in [0.5, 0.6) is 5.75 Å². The van der Waals surface area contributed by atoms with Crippen LogP contribution in [0.3, 0.4) is 0 Å². The highest BCUT2D eigenvalue weighted by Gasteiger charge is 2.28. The lowest BCUT2D eigenvalue weighted by Crippen LogP contribution is -2.43. The lowest BCUT2D eigenvalue weighted by Gasteiger charge is -2.32. The summed E-state index contributed by atoms with van der Waals surface area (Å²) in [5, 5.41) is 3.03. The monoisotopic (exact) mass is 428 g/mol. The lowest BCUT2D eigenvalue weighted by atomic mass is 9.95. The summed E-state index contributed by atoms with van der Waals surface area (Å²) in [6, 6.07) is 27.1. The van der Waals surface area contributed by atoms with Crippen LogP contribution in [0.2, 0.25) is 0 Å². The fourth-order valence-electron chi connectivity index (χ4n) is 3.98. The zero-order valence-electron chi connectivity index (χ0n) is 18.1. The molecule has 1 N–H and O–H groups in total. The summed E-state index contributed by atoms with van der Waals surface area (Å²) in [4.78, 5) is 27.6. The molecule has 1 aliphatic rings. The SMILES string of the molecule is O=C(NCc1ccccc1)C1CCN(C(=O)c2ccccc2COc2ccccc2)CC1. The van der Waals surface area contributed by atoms with Gasteiger partial charge in [0.1, 0.15) is 12.4 Å². The molecule has 0 spiro atoms. The van der Waals surface area contributed by atoms with Crippen LogP contribution in [0.4, 0.5) is 0 Å². The first-order valence-corrected chi connectivity index (χ1v) is 11.1. The number of ether oxygens (including phenoxy) is 1. The van der Waals surface area contributed by atoms with Crippen LogP contribution < -0.4 is 10.1 Å². The van der Waals surface area contributed by atoms with Gasteiger partial charge in [-0.1, -0.05) is 66.7 Å². The van der Waals surface area contributed by atoms with E-state index in [1.54, 1.807) is 0 Å². The van der Waals surface area contributed by atoms with Crippen molar-refractivity contribution in [3.63, 3.8) is 0 Å². The highest BCUT2D eigenvalue weighted by atomic mass is 16.5. The Morgan fingerprint density at radius 1 is 0.844 bits per heavy atom. The molecule has 0 bridgehead atoms.